The molecule has 0 unspecified atom stereocenters. The summed E-state index contributed by atoms with van der Waals surface area (Å²) in [5.41, 5.74) is -0.00231. The minimum Gasteiger partial charge on any atom is -0.275 e. The first-order valence-electron chi connectivity index (χ1n) is 2.38. The van der Waals surface area contributed by atoms with Gasteiger partial charge in [-0.25, -0.2) is 0 Å². The lowest BCUT2D eigenvalue weighted by molar-refractivity contribution is 0.0836. The van der Waals surface area contributed by atoms with E-state index in [1.54, 1.807) is 7.05 Å². The fourth-order valence-electron chi connectivity index (χ4n) is 0.523. The molecule has 0 aromatic carbocycles. The summed E-state index contributed by atoms with van der Waals surface area (Å²) < 4.78 is 13.1. The predicted octanol–water partition coefficient (Wildman–Crippen LogP) is 0.530. The fourth-order valence-corrected chi connectivity index (χ4v) is 0.523. The Hall–Kier alpha value is -1.19. The van der Waals surface area contributed by atoms with Crippen LogP contribution in [-0.4, -0.2) is 15.8 Å². The highest BCUT2D eigenvalue weighted by atomic mass is 19.1. The summed E-state index contributed by atoms with van der Waals surface area (Å²) >= 11 is 0. The third kappa shape index (κ3) is 1.13. The molecule has 0 radical (unpaired) electrons. The summed E-state index contributed by atoms with van der Waals surface area (Å²) in [6.07, 6.45) is 2.50. The summed E-state index contributed by atoms with van der Waals surface area (Å²) in [5, 5.41) is 3.59. The lowest BCUT2D eigenvalue weighted by Crippen LogP contribution is -1.87. The molecule has 0 saturated carbocycles. The highest BCUT2D eigenvalue weighted by Gasteiger charge is 2.03. The van der Waals surface area contributed by atoms with Crippen LogP contribution in [0.3, 0.4) is 0 Å². The van der Waals surface area contributed by atoms with Gasteiger partial charge in [-0.05, 0) is 0 Å². The Labute approximate surface area is 51.1 Å². The lowest BCUT2D eigenvalue weighted by Gasteiger charge is -1.79. The first kappa shape index (κ1) is 5.94. The van der Waals surface area contributed by atoms with Gasteiger partial charge in [0, 0.05) is 13.2 Å². The quantitative estimate of drug-likeness (QED) is 0.517. The van der Waals surface area contributed by atoms with Gasteiger partial charge in [-0.1, -0.05) is 0 Å². The van der Waals surface area contributed by atoms with Gasteiger partial charge >= 0.3 is 6.04 Å². The van der Waals surface area contributed by atoms with E-state index in [4.69, 9.17) is 0 Å². The van der Waals surface area contributed by atoms with Crippen molar-refractivity contribution in [3.05, 3.63) is 18.0 Å². The van der Waals surface area contributed by atoms with Crippen molar-refractivity contribution in [3.63, 3.8) is 0 Å². The molecule has 0 aliphatic carbocycles. The molecule has 0 aliphatic heterocycles. The minimum absolute atomic E-state index is 0.00231. The molecule has 0 fully saturated rings. The van der Waals surface area contributed by atoms with Gasteiger partial charge < -0.3 is 0 Å². The van der Waals surface area contributed by atoms with Crippen LogP contribution >= 0.6 is 0 Å². The number of aromatic nitrogens is 2. The van der Waals surface area contributed by atoms with Crippen LogP contribution in [0.15, 0.2) is 12.4 Å². The number of hydrogen-bond acceptors (Lipinski definition) is 2. The van der Waals surface area contributed by atoms with E-state index in [1.165, 1.54) is 17.1 Å². The Balaban J connectivity index is 2.98. The molecule has 0 spiro atoms. The molecule has 0 N–H and O–H groups in total. The molecule has 0 atom stereocenters. The average molecular weight is 128 g/mol. The van der Waals surface area contributed by atoms with Crippen molar-refractivity contribution >= 4 is 6.04 Å². The largest absolute Gasteiger partial charge is 0.335 e. The predicted molar refractivity (Wildman–Crippen MR) is 28.6 cm³/mol. The van der Waals surface area contributed by atoms with Crippen LogP contribution in [0.1, 0.15) is 10.4 Å². The smallest absolute Gasteiger partial charge is 0.275 e. The second-order valence-corrected chi connectivity index (χ2v) is 1.68. The van der Waals surface area contributed by atoms with Gasteiger partial charge in [-0.15, -0.1) is 0 Å². The topological polar surface area (TPSA) is 34.9 Å². The maximum absolute atomic E-state index is 11.8. The van der Waals surface area contributed by atoms with Crippen LogP contribution < -0.4 is 0 Å². The van der Waals surface area contributed by atoms with E-state index in [9.17, 15) is 9.18 Å². The van der Waals surface area contributed by atoms with Crippen LogP contribution in [0.2, 0.25) is 0 Å². The van der Waals surface area contributed by atoms with Gasteiger partial charge in [0.25, 0.3) is 0 Å². The van der Waals surface area contributed by atoms with Crippen LogP contribution in [0.5, 0.6) is 0 Å². The second-order valence-electron chi connectivity index (χ2n) is 1.68. The molecule has 0 saturated heterocycles. The van der Waals surface area contributed by atoms with E-state index in [0.29, 0.717) is 0 Å². The molecular weight excluding hydrogens is 123 g/mol. The summed E-state index contributed by atoms with van der Waals surface area (Å²) in [6, 6.07) is -1.44. The Morgan fingerprint density at radius 2 is 2.56 bits per heavy atom. The normalized spacial score (nSPS) is 9.56. The van der Waals surface area contributed by atoms with Crippen molar-refractivity contribution in [2.75, 3.05) is 0 Å². The van der Waals surface area contributed by atoms with E-state index in [1.807, 2.05) is 0 Å². The molecule has 3 nitrogen and oxygen atoms in total. The SMILES string of the molecule is Cn1cc(C(=O)F)cn1. The van der Waals surface area contributed by atoms with Gasteiger partial charge in [-0.2, -0.15) is 9.49 Å². The third-order valence-corrected chi connectivity index (χ3v) is 0.932. The fraction of sp³-hybridized carbons (Fsp3) is 0.200. The number of aryl methyl sites for hydroxylation is 1. The van der Waals surface area contributed by atoms with Crippen molar-refractivity contribution in [1.29, 1.82) is 0 Å². The number of rotatable bonds is 1. The molecule has 4 heteroatoms. The molecule has 1 heterocycles. The molecule has 0 aliphatic rings. The molecule has 1 aromatic heterocycles. The molecule has 1 aromatic rings. The Morgan fingerprint density at radius 1 is 1.89 bits per heavy atom. The van der Waals surface area contributed by atoms with Gasteiger partial charge in [0.05, 0.1) is 11.8 Å². The first-order valence-corrected chi connectivity index (χ1v) is 2.38. The van der Waals surface area contributed by atoms with E-state index in [-0.39, 0.29) is 5.56 Å². The van der Waals surface area contributed by atoms with E-state index < -0.39 is 6.04 Å². The number of carbonyl (C=O) groups excluding carboxylic acids is 1. The zero-order valence-electron chi connectivity index (χ0n) is 4.84. The minimum atomic E-state index is -1.44. The maximum Gasteiger partial charge on any atom is 0.335 e. The van der Waals surface area contributed by atoms with Crippen LogP contribution in [-0.2, 0) is 7.05 Å². The summed E-state index contributed by atoms with van der Waals surface area (Å²) in [4.78, 5) is 9.94. The van der Waals surface area contributed by atoms with Crippen LogP contribution in [0, 0.1) is 0 Å². The molecule has 48 valence electrons. The maximum atomic E-state index is 11.8. The Kier molecular flexibility index (Phi) is 1.30. The highest BCUT2D eigenvalue weighted by Crippen LogP contribution is 1.96. The number of halogens is 1. The summed E-state index contributed by atoms with van der Waals surface area (Å²) in [5.74, 6) is 0. The molecule has 9 heavy (non-hydrogen) atoms. The monoisotopic (exact) mass is 128 g/mol. The number of carbonyl (C=O) groups is 1. The zero-order chi connectivity index (χ0) is 6.85. The summed E-state index contributed by atoms with van der Waals surface area (Å²) in [6.45, 7) is 0. The molecule has 0 amide bonds. The van der Waals surface area contributed by atoms with Crippen LogP contribution in [0.25, 0.3) is 0 Å². The van der Waals surface area contributed by atoms with E-state index in [2.05, 4.69) is 5.10 Å². The lowest BCUT2D eigenvalue weighted by atomic mass is 10.4. The Morgan fingerprint density at radius 3 is 2.78 bits per heavy atom. The first-order chi connectivity index (χ1) is 4.20. The molecule has 1 rings (SSSR count). The molecular formula is C5H5FN2O. The zero-order valence-corrected chi connectivity index (χ0v) is 4.84. The number of nitrogens with zero attached hydrogens (tertiary/aromatic N) is 2. The van der Waals surface area contributed by atoms with Crippen molar-refractivity contribution in [2.45, 2.75) is 0 Å². The van der Waals surface area contributed by atoms with Gasteiger partial charge in [0.1, 0.15) is 0 Å². The van der Waals surface area contributed by atoms with E-state index in [0.717, 1.165) is 0 Å². The van der Waals surface area contributed by atoms with Gasteiger partial charge in [0.2, 0.25) is 0 Å². The number of hydrogen-bond donors (Lipinski definition) is 0. The average Bonchev–Trinajstić information content (AvgIpc) is 2.14. The second kappa shape index (κ2) is 1.97. The van der Waals surface area contributed by atoms with E-state index >= 15 is 0 Å². The van der Waals surface area contributed by atoms with Crippen LogP contribution in [0.4, 0.5) is 4.39 Å². The van der Waals surface area contributed by atoms with Crippen molar-refractivity contribution in [1.82, 2.24) is 9.78 Å². The highest BCUT2D eigenvalue weighted by molar-refractivity contribution is 5.87. The van der Waals surface area contributed by atoms with Crippen molar-refractivity contribution in [2.24, 2.45) is 7.05 Å². The third-order valence-electron chi connectivity index (χ3n) is 0.932. The van der Waals surface area contributed by atoms with Crippen molar-refractivity contribution in [3.8, 4) is 0 Å². The summed E-state index contributed by atoms with van der Waals surface area (Å²) in [7, 11) is 1.62. The van der Waals surface area contributed by atoms with Gasteiger partial charge in [0.15, 0.2) is 0 Å². The standard InChI is InChI=1S/C5H5FN2O/c1-8-3-4(2-7-8)5(6)9/h2-3H,1H3. The van der Waals surface area contributed by atoms with Gasteiger partial charge in [-0.3, -0.25) is 9.48 Å². The molecule has 0 bridgehead atoms. The Bertz CT molecular complexity index is 231. The van der Waals surface area contributed by atoms with Crippen molar-refractivity contribution < 1.29 is 9.18 Å².